The smallest absolute Gasteiger partial charge is 0.307 e. The normalized spacial score (nSPS) is 13.5. The van der Waals surface area contributed by atoms with E-state index in [-0.39, 0.29) is 12.5 Å². The molecule has 0 aliphatic heterocycles. The van der Waals surface area contributed by atoms with Gasteiger partial charge in [0, 0.05) is 12.1 Å². The van der Waals surface area contributed by atoms with Gasteiger partial charge in [-0.15, -0.1) is 0 Å². The van der Waals surface area contributed by atoms with Gasteiger partial charge in [-0.2, -0.15) is 0 Å². The van der Waals surface area contributed by atoms with Gasteiger partial charge in [-0.05, 0) is 38.7 Å². The summed E-state index contributed by atoms with van der Waals surface area (Å²) in [6, 6.07) is 5.78. The Bertz CT molecular complexity index is 476. The number of ether oxygens (including phenoxy) is 2. The van der Waals surface area contributed by atoms with Gasteiger partial charge in [0.25, 0.3) is 0 Å². The van der Waals surface area contributed by atoms with Crippen molar-refractivity contribution >= 4 is 5.97 Å². The summed E-state index contributed by atoms with van der Waals surface area (Å²) >= 11 is 0. The first-order valence-electron chi connectivity index (χ1n) is 7.90. The zero-order valence-corrected chi connectivity index (χ0v) is 13.7. The van der Waals surface area contributed by atoms with Crippen LogP contribution in [0.2, 0.25) is 0 Å². The van der Waals surface area contributed by atoms with Crippen molar-refractivity contribution in [2.45, 2.75) is 39.5 Å². The van der Waals surface area contributed by atoms with Gasteiger partial charge >= 0.3 is 5.97 Å². The summed E-state index contributed by atoms with van der Waals surface area (Å²) in [6.07, 6.45) is 1.32. The number of benzene rings is 1. The van der Waals surface area contributed by atoms with Crippen molar-refractivity contribution in [3.63, 3.8) is 0 Å². The molecule has 1 rings (SSSR count). The topological polar surface area (TPSA) is 81.8 Å². The number of nitrogens with two attached hydrogens (primary N) is 1. The Morgan fingerprint density at radius 3 is 2.41 bits per heavy atom. The van der Waals surface area contributed by atoms with Crippen molar-refractivity contribution in [1.82, 2.24) is 0 Å². The Hall–Kier alpha value is -1.75. The number of rotatable bonds is 10. The summed E-state index contributed by atoms with van der Waals surface area (Å²) in [5, 5.41) is 9.24. The van der Waals surface area contributed by atoms with Crippen molar-refractivity contribution in [2.24, 2.45) is 11.7 Å². The molecular formula is C17H27NO4. The fourth-order valence-electron chi connectivity index (χ4n) is 2.58. The van der Waals surface area contributed by atoms with Crippen LogP contribution in [0.25, 0.3) is 0 Å². The van der Waals surface area contributed by atoms with Crippen LogP contribution in [0.1, 0.15) is 45.1 Å². The maximum absolute atomic E-state index is 11.3. The molecule has 5 nitrogen and oxygen atoms in total. The number of hydrogen-bond acceptors (Lipinski definition) is 4. The molecule has 5 heteroatoms. The van der Waals surface area contributed by atoms with Gasteiger partial charge in [-0.3, -0.25) is 4.79 Å². The van der Waals surface area contributed by atoms with E-state index < -0.39 is 11.9 Å². The first-order chi connectivity index (χ1) is 10.6. The third-order valence-corrected chi connectivity index (χ3v) is 3.73. The van der Waals surface area contributed by atoms with Gasteiger partial charge in [0.1, 0.15) is 0 Å². The van der Waals surface area contributed by atoms with Crippen LogP contribution < -0.4 is 15.2 Å². The molecule has 0 spiro atoms. The van der Waals surface area contributed by atoms with Crippen LogP contribution in [0.5, 0.6) is 11.5 Å². The summed E-state index contributed by atoms with van der Waals surface area (Å²) in [5.41, 5.74) is 6.59. The summed E-state index contributed by atoms with van der Waals surface area (Å²) in [7, 11) is 0. The zero-order chi connectivity index (χ0) is 16.5. The molecule has 0 fully saturated rings. The molecule has 1 aromatic rings. The summed E-state index contributed by atoms with van der Waals surface area (Å²) in [6.45, 7) is 7.12. The van der Waals surface area contributed by atoms with Crippen LogP contribution in [0.4, 0.5) is 0 Å². The van der Waals surface area contributed by atoms with Crippen LogP contribution in [0.15, 0.2) is 18.2 Å². The third kappa shape index (κ3) is 4.63. The third-order valence-electron chi connectivity index (χ3n) is 3.73. The molecule has 0 saturated heterocycles. The highest BCUT2D eigenvalue weighted by Crippen LogP contribution is 2.39. The lowest BCUT2D eigenvalue weighted by molar-refractivity contribution is -0.141. The van der Waals surface area contributed by atoms with E-state index in [1.165, 1.54) is 0 Å². The number of aliphatic carboxylic acids is 1. The van der Waals surface area contributed by atoms with E-state index in [0.717, 1.165) is 17.7 Å². The molecule has 3 N–H and O–H groups in total. The van der Waals surface area contributed by atoms with E-state index in [0.29, 0.717) is 25.4 Å². The summed E-state index contributed by atoms with van der Waals surface area (Å²) < 4.78 is 11.4. The second-order valence-corrected chi connectivity index (χ2v) is 5.15. The lowest BCUT2D eigenvalue weighted by Gasteiger charge is -2.23. The molecule has 2 atom stereocenters. The van der Waals surface area contributed by atoms with Crippen LogP contribution >= 0.6 is 0 Å². The van der Waals surface area contributed by atoms with Gasteiger partial charge in [0.05, 0.1) is 19.1 Å². The Balaban J connectivity index is 3.14. The fourth-order valence-corrected chi connectivity index (χ4v) is 2.58. The molecule has 0 aliphatic carbocycles. The highest BCUT2D eigenvalue weighted by Gasteiger charge is 2.25. The molecule has 2 unspecified atom stereocenters. The largest absolute Gasteiger partial charge is 0.490 e. The molecule has 0 aliphatic rings. The van der Waals surface area contributed by atoms with Crippen LogP contribution in [-0.2, 0) is 4.79 Å². The van der Waals surface area contributed by atoms with Crippen LogP contribution in [0.3, 0.4) is 0 Å². The van der Waals surface area contributed by atoms with Crippen molar-refractivity contribution < 1.29 is 19.4 Å². The minimum absolute atomic E-state index is 0.0756. The van der Waals surface area contributed by atoms with Gasteiger partial charge in [0.2, 0.25) is 0 Å². The van der Waals surface area contributed by atoms with Crippen molar-refractivity contribution in [2.75, 3.05) is 19.8 Å². The second-order valence-electron chi connectivity index (χ2n) is 5.15. The Kier molecular flexibility index (Phi) is 7.74. The first kappa shape index (κ1) is 18.3. The van der Waals surface area contributed by atoms with Gasteiger partial charge in [-0.25, -0.2) is 0 Å². The monoisotopic (exact) mass is 309 g/mol. The predicted octanol–water partition coefficient (Wildman–Crippen LogP) is 3.03. The molecule has 0 saturated carbocycles. The fraction of sp³-hybridized carbons (Fsp3) is 0.588. The Labute approximate surface area is 132 Å². The van der Waals surface area contributed by atoms with E-state index in [1.807, 2.05) is 39.0 Å². The van der Waals surface area contributed by atoms with Crippen molar-refractivity contribution in [3.8, 4) is 11.5 Å². The van der Waals surface area contributed by atoms with Crippen molar-refractivity contribution in [3.05, 3.63) is 23.8 Å². The zero-order valence-electron chi connectivity index (χ0n) is 13.7. The number of carbonyl (C=O) groups is 1. The standard InChI is InChI=1S/C17H27NO4/c1-4-12(10-13(11-18)17(19)20)14-8-7-9-15(21-5-2)16(14)22-6-3/h7-9,12-13H,4-6,10-11,18H2,1-3H3,(H,19,20). The second kappa shape index (κ2) is 9.30. The van der Waals surface area contributed by atoms with Crippen molar-refractivity contribution in [1.29, 1.82) is 0 Å². The maximum Gasteiger partial charge on any atom is 0.307 e. The minimum Gasteiger partial charge on any atom is -0.490 e. The highest BCUT2D eigenvalue weighted by molar-refractivity contribution is 5.70. The van der Waals surface area contributed by atoms with Gasteiger partial charge < -0.3 is 20.3 Å². The van der Waals surface area contributed by atoms with Crippen LogP contribution in [0, 0.1) is 5.92 Å². The van der Waals surface area contributed by atoms with E-state index in [1.54, 1.807) is 0 Å². The number of para-hydroxylation sites is 1. The van der Waals surface area contributed by atoms with Crippen LogP contribution in [-0.4, -0.2) is 30.8 Å². The molecule has 0 radical (unpaired) electrons. The lowest BCUT2D eigenvalue weighted by atomic mass is 9.86. The average molecular weight is 309 g/mol. The molecule has 0 bridgehead atoms. The van der Waals surface area contributed by atoms with E-state index >= 15 is 0 Å². The quantitative estimate of drug-likeness (QED) is 0.694. The van der Waals surface area contributed by atoms with E-state index in [4.69, 9.17) is 15.2 Å². The number of carboxylic acids is 1. The predicted molar refractivity (Wildman–Crippen MR) is 86.6 cm³/mol. The maximum atomic E-state index is 11.3. The lowest BCUT2D eigenvalue weighted by Crippen LogP contribution is -2.25. The summed E-state index contributed by atoms with van der Waals surface area (Å²) in [4.78, 5) is 11.3. The molecule has 0 heterocycles. The minimum atomic E-state index is -0.847. The first-order valence-corrected chi connectivity index (χ1v) is 7.90. The SMILES string of the molecule is CCOc1cccc(C(CC)CC(CN)C(=O)O)c1OCC. The Morgan fingerprint density at radius 2 is 1.91 bits per heavy atom. The number of carboxylic acid groups (broad SMARTS) is 1. The summed E-state index contributed by atoms with van der Waals surface area (Å²) in [5.74, 6) is 0.112. The molecule has 0 aromatic heterocycles. The number of hydrogen-bond donors (Lipinski definition) is 2. The molecule has 124 valence electrons. The highest BCUT2D eigenvalue weighted by atomic mass is 16.5. The molecule has 0 amide bonds. The average Bonchev–Trinajstić information content (AvgIpc) is 2.50. The molecule has 22 heavy (non-hydrogen) atoms. The van der Waals surface area contributed by atoms with Gasteiger partial charge in [-0.1, -0.05) is 19.1 Å². The molecular weight excluding hydrogens is 282 g/mol. The Morgan fingerprint density at radius 1 is 1.23 bits per heavy atom. The van der Waals surface area contributed by atoms with E-state index in [9.17, 15) is 9.90 Å². The molecule has 1 aromatic carbocycles. The van der Waals surface area contributed by atoms with E-state index in [2.05, 4.69) is 0 Å². The van der Waals surface area contributed by atoms with Gasteiger partial charge in [0.15, 0.2) is 11.5 Å².